The first kappa shape index (κ1) is 14.5. The van der Waals surface area contributed by atoms with Gasteiger partial charge in [0.2, 0.25) is 5.91 Å². The predicted molar refractivity (Wildman–Crippen MR) is 68.6 cm³/mol. The molecule has 0 aromatic carbocycles. The maximum absolute atomic E-state index is 10.9. The van der Waals surface area contributed by atoms with Crippen molar-refractivity contribution in [1.29, 1.82) is 0 Å². The number of primary amides is 1. The average molecular weight is 242 g/mol. The molecule has 0 heterocycles. The third kappa shape index (κ3) is 5.50. The van der Waals surface area contributed by atoms with E-state index in [0.717, 1.165) is 19.4 Å². The molecule has 1 rings (SSSR count). The highest BCUT2D eigenvalue weighted by Gasteiger charge is 2.22. The van der Waals surface area contributed by atoms with Gasteiger partial charge in [-0.3, -0.25) is 4.79 Å². The summed E-state index contributed by atoms with van der Waals surface area (Å²) in [6.07, 6.45) is 6.04. The Labute approximate surface area is 104 Å². The summed E-state index contributed by atoms with van der Waals surface area (Å²) >= 11 is 0. The van der Waals surface area contributed by atoms with Crippen LogP contribution in [0.1, 0.15) is 46.0 Å². The average Bonchev–Trinajstić information content (AvgIpc) is 2.34. The second-order valence-electron chi connectivity index (χ2n) is 5.06. The Hall–Kier alpha value is -0.610. The van der Waals surface area contributed by atoms with Gasteiger partial charge in [0.05, 0.1) is 18.6 Å². The van der Waals surface area contributed by atoms with E-state index in [2.05, 4.69) is 12.2 Å². The highest BCUT2D eigenvalue weighted by atomic mass is 16.5. The van der Waals surface area contributed by atoms with Gasteiger partial charge < -0.3 is 15.8 Å². The molecule has 1 fully saturated rings. The number of carbonyl (C=O) groups excluding carboxylic acids is 1. The summed E-state index contributed by atoms with van der Waals surface area (Å²) in [5.41, 5.74) is 5.20. The van der Waals surface area contributed by atoms with Crippen LogP contribution in [0, 0.1) is 5.92 Å². The minimum absolute atomic E-state index is 0.175. The van der Waals surface area contributed by atoms with E-state index in [1.165, 1.54) is 19.3 Å². The van der Waals surface area contributed by atoms with E-state index in [9.17, 15) is 4.79 Å². The Morgan fingerprint density at radius 1 is 1.41 bits per heavy atom. The Balaban J connectivity index is 2.12. The maximum Gasteiger partial charge on any atom is 0.222 e. The molecule has 1 aliphatic rings. The van der Waals surface area contributed by atoms with Crippen molar-refractivity contribution in [3.8, 4) is 0 Å². The van der Waals surface area contributed by atoms with E-state index in [1.54, 1.807) is 0 Å². The van der Waals surface area contributed by atoms with Crippen LogP contribution >= 0.6 is 0 Å². The molecule has 1 atom stereocenters. The normalized spacial score (nSPS) is 26.7. The van der Waals surface area contributed by atoms with E-state index in [-0.39, 0.29) is 11.8 Å². The summed E-state index contributed by atoms with van der Waals surface area (Å²) in [5, 5.41) is 3.55. The molecule has 0 saturated heterocycles. The van der Waals surface area contributed by atoms with Crippen molar-refractivity contribution in [3.63, 3.8) is 0 Å². The Bertz CT molecular complexity index is 225. The first-order valence-corrected chi connectivity index (χ1v) is 6.77. The van der Waals surface area contributed by atoms with Crippen molar-refractivity contribution in [1.82, 2.24) is 5.32 Å². The molecule has 1 unspecified atom stereocenters. The van der Waals surface area contributed by atoms with Gasteiger partial charge in [-0.25, -0.2) is 0 Å². The van der Waals surface area contributed by atoms with Crippen molar-refractivity contribution in [2.75, 3.05) is 13.2 Å². The number of amides is 1. The lowest BCUT2D eigenvalue weighted by molar-refractivity contribution is -0.124. The first-order valence-electron chi connectivity index (χ1n) is 6.77. The topological polar surface area (TPSA) is 64.3 Å². The van der Waals surface area contributed by atoms with Crippen molar-refractivity contribution in [3.05, 3.63) is 0 Å². The molecule has 0 aliphatic heterocycles. The molecule has 4 heteroatoms. The third-order valence-corrected chi connectivity index (χ3v) is 3.42. The lowest BCUT2D eigenvalue weighted by atomic mass is 9.93. The Kier molecular flexibility index (Phi) is 6.52. The number of ether oxygens (including phenoxy) is 1. The van der Waals surface area contributed by atoms with Crippen LogP contribution in [0.15, 0.2) is 0 Å². The summed E-state index contributed by atoms with van der Waals surface area (Å²) in [5.74, 6) is -0.450. The van der Waals surface area contributed by atoms with Crippen LogP contribution in [0.5, 0.6) is 0 Å². The van der Waals surface area contributed by atoms with Gasteiger partial charge in [0.1, 0.15) is 0 Å². The minimum atomic E-state index is -0.275. The van der Waals surface area contributed by atoms with E-state index in [0.29, 0.717) is 18.8 Å². The van der Waals surface area contributed by atoms with Crippen LogP contribution in [0.4, 0.5) is 0 Å². The molecule has 0 spiro atoms. The van der Waals surface area contributed by atoms with Gasteiger partial charge in [0, 0.05) is 6.04 Å². The highest BCUT2D eigenvalue weighted by molar-refractivity contribution is 5.76. The monoisotopic (exact) mass is 242 g/mol. The molecule has 4 nitrogen and oxygen atoms in total. The predicted octanol–water partition coefficient (Wildman–Crippen LogP) is 1.44. The number of nitrogens with two attached hydrogens (primary N) is 1. The molecule has 1 amide bonds. The molecular formula is C13H26N2O2. The molecule has 100 valence electrons. The largest absolute Gasteiger partial charge is 0.377 e. The fraction of sp³-hybridized carbons (Fsp3) is 0.923. The van der Waals surface area contributed by atoms with Crippen molar-refractivity contribution in [2.24, 2.45) is 11.7 Å². The van der Waals surface area contributed by atoms with E-state index >= 15 is 0 Å². The van der Waals surface area contributed by atoms with E-state index in [1.807, 2.05) is 6.92 Å². The van der Waals surface area contributed by atoms with Crippen molar-refractivity contribution >= 4 is 5.91 Å². The lowest BCUT2D eigenvalue weighted by Gasteiger charge is -2.29. The van der Waals surface area contributed by atoms with Crippen LogP contribution in [-0.4, -0.2) is 31.2 Å². The zero-order chi connectivity index (χ0) is 12.7. The maximum atomic E-state index is 10.9. The molecule has 0 aromatic heterocycles. The van der Waals surface area contributed by atoms with Crippen LogP contribution in [-0.2, 0) is 9.53 Å². The number of carbonyl (C=O) groups is 1. The fourth-order valence-corrected chi connectivity index (χ4v) is 2.14. The summed E-state index contributed by atoms with van der Waals surface area (Å²) in [6, 6.07) is 0.656. The molecule has 0 bridgehead atoms. The standard InChI is InChI=1S/C13H26N2O2/c1-3-8-15-11-4-6-12(7-5-11)17-9-10(2)13(14)16/h10-12,15H,3-9H2,1-2H3,(H2,14,16). The summed E-state index contributed by atoms with van der Waals surface area (Å²) in [4.78, 5) is 10.9. The SMILES string of the molecule is CCCNC1CCC(OCC(C)C(N)=O)CC1. The van der Waals surface area contributed by atoms with Crippen molar-refractivity contribution in [2.45, 2.75) is 58.1 Å². The molecule has 0 radical (unpaired) electrons. The first-order chi connectivity index (χ1) is 8.13. The zero-order valence-electron chi connectivity index (χ0n) is 11.1. The highest BCUT2D eigenvalue weighted by Crippen LogP contribution is 2.21. The zero-order valence-corrected chi connectivity index (χ0v) is 11.1. The summed E-state index contributed by atoms with van der Waals surface area (Å²) in [7, 11) is 0. The molecular weight excluding hydrogens is 216 g/mol. The van der Waals surface area contributed by atoms with Gasteiger partial charge >= 0.3 is 0 Å². The molecule has 0 aromatic rings. The van der Waals surface area contributed by atoms with Crippen LogP contribution in [0.25, 0.3) is 0 Å². The number of rotatable bonds is 7. The Morgan fingerprint density at radius 3 is 2.59 bits per heavy atom. The molecule has 17 heavy (non-hydrogen) atoms. The van der Waals surface area contributed by atoms with Gasteiger partial charge in [0.25, 0.3) is 0 Å². The summed E-state index contributed by atoms with van der Waals surface area (Å²) in [6.45, 7) is 5.58. The third-order valence-electron chi connectivity index (χ3n) is 3.42. The van der Waals surface area contributed by atoms with Gasteiger partial charge in [-0.1, -0.05) is 13.8 Å². The van der Waals surface area contributed by atoms with Crippen LogP contribution in [0.2, 0.25) is 0 Å². The molecule has 1 aliphatic carbocycles. The fourth-order valence-electron chi connectivity index (χ4n) is 2.14. The van der Waals surface area contributed by atoms with Crippen LogP contribution in [0.3, 0.4) is 0 Å². The van der Waals surface area contributed by atoms with Crippen molar-refractivity contribution < 1.29 is 9.53 Å². The smallest absolute Gasteiger partial charge is 0.222 e. The second kappa shape index (κ2) is 7.67. The molecule has 1 saturated carbocycles. The lowest BCUT2D eigenvalue weighted by Crippen LogP contribution is -2.36. The minimum Gasteiger partial charge on any atom is -0.377 e. The number of nitrogens with one attached hydrogen (secondary N) is 1. The number of hydrogen-bond acceptors (Lipinski definition) is 3. The van der Waals surface area contributed by atoms with Gasteiger partial charge in [-0.05, 0) is 38.6 Å². The van der Waals surface area contributed by atoms with E-state index in [4.69, 9.17) is 10.5 Å². The Morgan fingerprint density at radius 2 is 2.06 bits per heavy atom. The number of hydrogen-bond donors (Lipinski definition) is 2. The van der Waals surface area contributed by atoms with E-state index < -0.39 is 0 Å². The molecule has 3 N–H and O–H groups in total. The van der Waals surface area contributed by atoms with Gasteiger partial charge in [0.15, 0.2) is 0 Å². The van der Waals surface area contributed by atoms with Gasteiger partial charge in [-0.2, -0.15) is 0 Å². The summed E-state index contributed by atoms with van der Waals surface area (Å²) < 4.78 is 5.73. The quantitative estimate of drug-likeness (QED) is 0.710. The second-order valence-corrected chi connectivity index (χ2v) is 5.06. The van der Waals surface area contributed by atoms with Crippen LogP contribution < -0.4 is 11.1 Å². The van der Waals surface area contributed by atoms with Gasteiger partial charge in [-0.15, -0.1) is 0 Å².